The van der Waals surface area contributed by atoms with Gasteiger partial charge in [0.15, 0.2) is 0 Å². The fourth-order valence-electron chi connectivity index (χ4n) is 2.17. The summed E-state index contributed by atoms with van der Waals surface area (Å²) >= 11 is 1.64. The van der Waals surface area contributed by atoms with Crippen LogP contribution in [-0.2, 0) is 13.1 Å². The molecule has 0 fully saturated rings. The molecular weight excluding hydrogens is 242 g/mol. The Labute approximate surface area is 110 Å². The van der Waals surface area contributed by atoms with Crippen LogP contribution in [0.4, 0.5) is 0 Å². The quantitative estimate of drug-likeness (QED) is 0.779. The Bertz CT molecular complexity index is 640. The van der Waals surface area contributed by atoms with Crippen molar-refractivity contribution in [3.05, 3.63) is 52.6 Å². The largest absolute Gasteiger partial charge is 0.341 e. The summed E-state index contributed by atoms with van der Waals surface area (Å²) in [5.74, 6) is 0. The van der Waals surface area contributed by atoms with E-state index in [1.165, 1.54) is 16.5 Å². The van der Waals surface area contributed by atoms with Crippen LogP contribution in [0, 0.1) is 0 Å². The van der Waals surface area contributed by atoms with Crippen molar-refractivity contribution < 1.29 is 0 Å². The Morgan fingerprint density at radius 2 is 2.28 bits per heavy atom. The zero-order valence-corrected chi connectivity index (χ0v) is 11.1. The van der Waals surface area contributed by atoms with Gasteiger partial charge in [-0.25, -0.2) is 4.98 Å². The van der Waals surface area contributed by atoms with Gasteiger partial charge in [0.2, 0.25) is 0 Å². The number of rotatable bonds is 4. The van der Waals surface area contributed by atoms with E-state index >= 15 is 0 Å². The van der Waals surface area contributed by atoms with Crippen molar-refractivity contribution in [1.82, 2.24) is 14.9 Å². The van der Waals surface area contributed by atoms with E-state index in [9.17, 15) is 0 Å². The van der Waals surface area contributed by atoms with E-state index in [4.69, 9.17) is 0 Å². The molecule has 4 heteroatoms. The molecule has 3 aromatic rings. The van der Waals surface area contributed by atoms with Crippen LogP contribution in [0.5, 0.6) is 0 Å². The highest BCUT2D eigenvalue weighted by Crippen LogP contribution is 2.19. The lowest BCUT2D eigenvalue weighted by Gasteiger charge is -2.05. The van der Waals surface area contributed by atoms with Gasteiger partial charge in [-0.2, -0.15) is 0 Å². The van der Waals surface area contributed by atoms with Gasteiger partial charge < -0.3 is 9.88 Å². The maximum atomic E-state index is 4.34. The second kappa shape index (κ2) is 4.92. The molecule has 0 bridgehead atoms. The third-order valence-electron chi connectivity index (χ3n) is 3.04. The first-order valence-corrected chi connectivity index (χ1v) is 6.90. The molecule has 0 aliphatic carbocycles. The molecule has 1 N–H and O–H groups in total. The van der Waals surface area contributed by atoms with Crippen LogP contribution in [0.2, 0.25) is 0 Å². The molecule has 2 aromatic heterocycles. The number of nitrogens with one attached hydrogen (secondary N) is 1. The van der Waals surface area contributed by atoms with Crippen molar-refractivity contribution in [1.29, 1.82) is 0 Å². The fourth-order valence-corrected chi connectivity index (χ4v) is 2.72. The summed E-state index contributed by atoms with van der Waals surface area (Å²) in [5.41, 5.74) is 5.59. The zero-order chi connectivity index (χ0) is 12.4. The molecule has 0 unspecified atom stereocenters. The van der Waals surface area contributed by atoms with Crippen molar-refractivity contribution in [2.45, 2.75) is 13.1 Å². The molecule has 92 valence electrons. The van der Waals surface area contributed by atoms with Gasteiger partial charge in [0, 0.05) is 23.6 Å². The maximum Gasteiger partial charge on any atom is 0.0795 e. The van der Waals surface area contributed by atoms with Gasteiger partial charge in [-0.1, -0.05) is 12.1 Å². The second-order valence-electron chi connectivity index (χ2n) is 4.35. The third-order valence-corrected chi connectivity index (χ3v) is 3.67. The second-order valence-corrected chi connectivity index (χ2v) is 5.07. The number of fused-ring (bicyclic) bond motifs is 1. The summed E-state index contributed by atoms with van der Waals surface area (Å²) < 4.78 is 2.25. The Morgan fingerprint density at radius 1 is 1.33 bits per heavy atom. The first-order valence-electron chi connectivity index (χ1n) is 5.96. The van der Waals surface area contributed by atoms with Crippen LogP contribution in [0.3, 0.4) is 0 Å². The van der Waals surface area contributed by atoms with Crippen LogP contribution in [0.1, 0.15) is 11.3 Å². The van der Waals surface area contributed by atoms with E-state index in [1.54, 1.807) is 11.3 Å². The molecule has 0 aliphatic rings. The van der Waals surface area contributed by atoms with Crippen molar-refractivity contribution in [2.24, 2.45) is 0 Å². The van der Waals surface area contributed by atoms with Gasteiger partial charge in [0.05, 0.1) is 17.7 Å². The van der Waals surface area contributed by atoms with Crippen molar-refractivity contribution in [3.63, 3.8) is 0 Å². The van der Waals surface area contributed by atoms with Crippen molar-refractivity contribution in [3.8, 4) is 0 Å². The van der Waals surface area contributed by atoms with E-state index in [0.717, 1.165) is 18.8 Å². The summed E-state index contributed by atoms with van der Waals surface area (Å²) in [5, 5.41) is 6.57. The number of aromatic nitrogens is 2. The Balaban J connectivity index is 1.98. The summed E-state index contributed by atoms with van der Waals surface area (Å²) in [6.45, 7) is 1.74. The van der Waals surface area contributed by atoms with Crippen LogP contribution >= 0.6 is 11.3 Å². The predicted molar refractivity (Wildman–Crippen MR) is 75.9 cm³/mol. The first-order chi connectivity index (χ1) is 8.86. The molecule has 0 saturated heterocycles. The summed E-state index contributed by atoms with van der Waals surface area (Å²) in [6, 6.07) is 8.76. The van der Waals surface area contributed by atoms with Gasteiger partial charge in [0.25, 0.3) is 0 Å². The van der Waals surface area contributed by atoms with Gasteiger partial charge >= 0.3 is 0 Å². The Hall–Kier alpha value is -1.65. The molecule has 3 rings (SSSR count). The highest BCUT2D eigenvalue weighted by Gasteiger charge is 2.04. The molecule has 2 heterocycles. The zero-order valence-electron chi connectivity index (χ0n) is 10.3. The third kappa shape index (κ3) is 2.17. The van der Waals surface area contributed by atoms with E-state index in [2.05, 4.69) is 50.7 Å². The number of benzene rings is 1. The van der Waals surface area contributed by atoms with Crippen molar-refractivity contribution >= 4 is 22.2 Å². The number of thiazole rings is 1. The lowest BCUT2D eigenvalue weighted by molar-refractivity contribution is 0.804. The molecule has 0 amide bonds. The van der Waals surface area contributed by atoms with Gasteiger partial charge in [-0.3, -0.25) is 0 Å². The Morgan fingerprint density at radius 3 is 3.06 bits per heavy atom. The highest BCUT2D eigenvalue weighted by atomic mass is 32.1. The van der Waals surface area contributed by atoms with Crippen LogP contribution in [0.15, 0.2) is 41.4 Å². The van der Waals surface area contributed by atoms with E-state index in [-0.39, 0.29) is 0 Å². The first kappa shape index (κ1) is 11.4. The smallest absolute Gasteiger partial charge is 0.0795 e. The van der Waals surface area contributed by atoms with E-state index in [0.29, 0.717) is 0 Å². The molecule has 0 atom stereocenters. The highest BCUT2D eigenvalue weighted by molar-refractivity contribution is 7.07. The van der Waals surface area contributed by atoms with E-state index in [1.807, 2.05) is 12.6 Å². The summed E-state index contributed by atoms with van der Waals surface area (Å²) in [6.07, 6.45) is 2.13. The van der Waals surface area contributed by atoms with Gasteiger partial charge in [-0.15, -0.1) is 11.3 Å². The number of hydrogen-bond donors (Lipinski definition) is 1. The molecule has 1 aromatic carbocycles. The SMILES string of the molecule is CNCc1ccc2ccn(Cc3cscn3)c2c1. The van der Waals surface area contributed by atoms with Gasteiger partial charge in [-0.05, 0) is 30.1 Å². The molecule has 3 nitrogen and oxygen atoms in total. The fraction of sp³-hybridized carbons (Fsp3) is 0.214. The lowest BCUT2D eigenvalue weighted by atomic mass is 10.1. The predicted octanol–water partition coefficient (Wildman–Crippen LogP) is 2.87. The Kier molecular flexibility index (Phi) is 3.13. The van der Waals surface area contributed by atoms with Crippen LogP contribution in [-0.4, -0.2) is 16.6 Å². The van der Waals surface area contributed by atoms with Gasteiger partial charge in [0.1, 0.15) is 0 Å². The van der Waals surface area contributed by atoms with Crippen LogP contribution < -0.4 is 5.32 Å². The minimum atomic E-state index is 0.843. The molecule has 0 spiro atoms. The molecular formula is C14H15N3S. The molecule has 0 aliphatic heterocycles. The molecule has 18 heavy (non-hydrogen) atoms. The molecule has 0 radical (unpaired) electrons. The lowest BCUT2D eigenvalue weighted by Crippen LogP contribution is -2.05. The number of nitrogens with zero attached hydrogens (tertiary/aromatic N) is 2. The average molecular weight is 257 g/mol. The topological polar surface area (TPSA) is 29.9 Å². The normalized spacial score (nSPS) is 11.2. The minimum absolute atomic E-state index is 0.843. The average Bonchev–Trinajstić information content (AvgIpc) is 3.01. The minimum Gasteiger partial charge on any atom is -0.341 e. The number of hydrogen-bond acceptors (Lipinski definition) is 3. The van der Waals surface area contributed by atoms with Crippen molar-refractivity contribution in [2.75, 3.05) is 7.05 Å². The standard InChI is InChI=1S/C14H15N3S/c1-15-7-11-2-3-12-4-5-17(14(12)6-11)8-13-9-18-10-16-13/h2-6,9-10,15H,7-8H2,1H3. The maximum absolute atomic E-state index is 4.34. The van der Waals surface area contributed by atoms with Crippen LogP contribution in [0.25, 0.3) is 10.9 Å². The summed E-state index contributed by atoms with van der Waals surface area (Å²) in [7, 11) is 1.97. The summed E-state index contributed by atoms with van der Waals surface area (Å²) in [4.78, 5) is 4.34. The monoisotopic (exact) mass is 257 g/mol. The van der Waals surface area contributed by atoms with E-state index < -0.39 is 0 Å². The molecule has 0 saturated carbocycles.